The van der Waals surface area contributed by atoms with Crippen LogP contribution in [0.5, 0.6) is 0 Å². The highest BCUT2D eigenvalue weighted by Gasteiger charge is 2.38. The molecule has 5 atom stereocenters. The third-order valence-electron chi connectivity index (χ3n) is 7.30. The molecule has 1 saturated heterocycles. The van der Waals surface area contributed by atoms with Crippen molar-refractivity contribution in [1.82, 2.24) is 0 Å². The smallest absolute Gasteiger partial charge is 0.123 e. The van der Waals surface area contributed by atoms with E-state index in [1.165, 1.54) is 38.6 Å². The lowest BCUT2D eigenvalue weighted by Gasteiger charge is -2.44. The minimum absolute atomic E-state index is 0.161. The Morgan fingerprint density at radius 1 is 0.903 bits per heavy atom. The van der Waals surface area contributed by atoms with Gasteiger partial charge in [0.25, 0.3) is 0 Å². The van der Waals surface area contributed by atoms with Crippen LogP contribution < -0.4 is 0 Å². The van der Waals surface area contributed by atoms with E-state index in [9.17, 15) is 4.39 Å². The first-order valence-corrected chi connectivity index (χ1v) is 12.3. The van der Waals surface area contributed by atoms with Crippen LogP contribution in [0.2, 0.25) is 0 Å². The summed E-state index contributed by atoms with van der Waals surface area (Å²) < 4.78 is 19.8. The Morgan fingerprint density at radius 3 is 2.35 bits per heavy atom. The molecule has 5 unspecified atom stereocenters. The van der Waals surface area contributed by atoms with Gasteiger partial charge in [0.05, 0.1) is 12.2 Å². The van der Waals surface area contributed by atoms with Gasteiger partial charge in [-0.15, -0.1) is 11.3 Å². The van der Waals surface area contributed by atoms with Crippen molar-refractivity contribution in [1.29, 1.82) is 0 Å². The van der Waals surface area contributed by atoms with Gasteiger partial charge < -0.3 is 4.74 Å². The van der Waals surface area contributed by atoms with Crippen molar-refractivity contribution in [2.45, 2.75) is 59.7 Å². The van der Waals surface area contributed by atoms with Crippen molar-refractivity contribution in [2.24, 2.45) is 17.8 Å². The van der Waals surface area contributed by atoms with E-state index in [4.69, 9.17) is 4.74 Å². The number of benzene rings is 2. The van der Waals surface area contributed by atoms with Gasteiger partial charge in [-0.05, 0) is 77.6 Å². The summed E-state index contributed by atoms with van der Waals surface area (Å²) in [6, 6.07) is 18.0. The molecule has 4 rings (SSSR count). The molecule has 1 aliphatic rings. The highest BCUT2D eigenvalue weighted by Crippen LogP contribution is 2.44. The molecule has 1 aliphatic heterocycles. The molecule has 0 bridgehead atoms. The van der Waals surface area contributed by atoms with Crippen molar-refractivity contribution in [3.05, 3.63) is 82.0 Å². The minimum Gasteiger partial charge on any atom is -0.370 e. The maximum absolute atomic E-state index is 13.2. The average molecular weight is 437 g/mol. The molecule has 1 aromatic heterocycles. The van der Waals surface area contributed by atoms with E-state index in [1.807, 2.05) is 12.1 Å². The molecule has 0 radical (unpaired) electrons. The number of hydrogen-bond donors (Lipinski definition) is 0. The second kappa shape index (κ2) is 9.26. The first kappa shape index (κ1) is 22.2. The largest absolute Gasteiger partial charge is 0.370 e. The van der Waals surface area contributed by atoms with Gasteiger partial charge in [-0.1, -0.05) is 58.0 Å². The fourth-order valence-electron chi connectivity index (χ4n) is 4.87. The molecule has 0 aliphatic carbocycles. The predicted octanol–water partition coefficient (Wildman–Crippen LogP) is 8.21. The fourth-order valence-corrected chi connectivity index (χ4v) is 5.90. The Bertz CT molecular complexity index is 1020. The van der Waals surface area contributed by atoms with E-state index in [0.29, 0.717) is 23.9 Å². The van der Waals surface area contributed by atoms with Gasteiger partial charge in [0.2, 0.25) is 0 Å². The van der Waals surface area contributed by atoms with Gasteiger partial charge in [0.1, 0.15) is 5.82 Å². The van der Waals surface area contributed by atoms with Gasteiger partial charge in [0, 0.05) is 16.2 Å². The van der Waals surface area contributed by atoms with E-state index in [-0.39, 0.29) is 11.9 Å². The van der Waals surface area contributed by atoms with Crippen molar-refractivity contribution < 1.29 is 9.13 Å². The lowest BCUT2D eigenvalue weighted by molar-refractivity contribution is -0.136. The van der Waals surface area contributed by atoms with Crippen molar-refractivity contribution in [3.63, 3.8) is 0 Å². The summed E-state index contributed by atoms with van der Waals surface area (Å²) >= 11 is 1.79. The number of hydrogen-bond acceptors (Lipinski definition) is 2. The monoisotopic (exact) mass is 436 g/mol. The van der Waals surface area contributed by atoms with Gasteiger partial charge in [0.15, 0.2) is 0 Å². The van der Waals surface area contributed by atoms with Crippen LogP contribution >= 0.6 is 11.3 Å². The van der Waals surface area contributed by atoms with Crippen molar-refractivity contribution >= 4 is 11.3 Å². The Labute approximate surface area is 190 Å². The van der Waals surface area contributed by atoms with Crippen molar-refractivity contribution in [2.75, 3.05) is 0 Å². The van der Waals surface area contributed by atoms with Gasteiger partial charge in [-0.3, -0.25) is 0 Å². The first-order valence-electron chi connectivity index (χ1n) is 11.5. The SMILES string of the molecule is CCC1OC(c2ccc(C)c(Cc3ccc(-c4ccc(F)cc4)s3)c2)C(C)C(C)C1C. The summed E-state index contributed by atoms with van der Waals surface area (Å²) in [5, 5.41) is 0. The van der Waals surface area contributed by atoms with E-state index in [0.717, 1.165) is 18.4 Å². The molecule has 31 heavy (non-hydrogen) atoms. The topological polar surface area (TPSA) is 9.23 Å². The van der Waals surface area contributed by atoms with Crippen LogP contribution in [0.1, 0.15) is 61.8 Å². The van der Waals surface area contributed by atoms with Gasteiger partial charge >= 0.3 is 0 Å². The summed E-state index contributed by atoms with van der Waals surface area (Å²) in [5.74, 6) is 1.54. The van der Waals surface area contributed by atoms with E-state index in [2.05, 4.69) is 65.0 Å². The molecule has 0 spiro atoms. The molecule has 1 fully saturated rings. The third-order valence-corrected chi connectivity index (χ3v) is 8.44. The lowest BCUT2D eigenvalue weighted by Crippen LogP contribution is -2.40. The minimum atomic E-state index is -0.193. The maximum atomic E-state index is 13.2. The summed E-state index contributed by atoms with van der Waals surface area (Å²) in [6.45, 7) is 11.5. The van der Waals surface area contributed by atoms with Crippen LogP contribution in [0, 0.1) is 30.5 Å². The van der Waals surface area contributed by atoms with Crippen LogP contribution in [0.25, 0.3) is 10.4 Å². The van der Waals surface area contributed by atoms with E-state index in [1.54, 1.807) is 11.3 Å². The maximum Gasteiger partial charge on any atom is 0.123 e. The molecule has 2 heterocycles. The molecule has 1 nitrogen and oxygen atoms in total. The zero-order valence-corrected chi connectivity index (χ0v) is 20.0. The predicted molar refractivity (Wildman–Crippen MR) is 129 cm³/mol. The number of halogens is 1. The summed E-state index contributed by atoms with van der Waals surface area (Å²) in [7, 11) is 0. The molecular formula is C28H33FOS. The summed E-state index contributed by atoms with van der Waals surface area (Å²) in [4.78, 5) is 2.51. The average Bonchev–Trinajstić information content (AvgIpc) is 3.23. The molecule has 3 heteroatoms. The number of thiophene rings is 1. The van der Waals surface area contributed by atoms with Crippen LogP contribution in [-0.2, 0) is 11.2 Å². The van der Waals surface area contributed by atoms with Gasteiger partial charge in [-0.2, -0.15) is 0 Å². The number of rotatable bonds is 5. The van der Waals surface area contributed by atoms with Crippen LogP contribution in [-0.4, -0.2) is 6.10 Å². The summed E-state index contributed by atoms with van der Waals surface area (Å²) in [6.07, 6.45) is 2.47. The zero-order chi connectivity index (χ0) is 22.1. The van der Waals surface area contributed by atoms with Crippen LogP contribution in [0.15, 0.2) is 54.6 Å². The van der Waals surface area contributed by atoms with E-state index >= 15 is 0 Å². The Morgan fingerprint density at radius 2 is 1.65 bits per heavy atom. The van der Waals surface area contributed by atoms with Crippen LogP contribution in [0.4, 0.5) is 4.39 Å². The number of aryl methyl sites for hydroxylation is 1. The second-order valence-corrected chi connectivity index (χ2v) is 10.4. The fraction of sp³-hybridized carbons (Fsp3) is 0.429. The summed E-state index contributed by atoms with van der Waals surface area (Å²) in [5.41, 5.74) is 5.06. The normalized spacial score (nSPS) is 26.2. The highest BCUT2D eigenvalue weighted by molar-refractivity contribution is 7.15. The lowest BCUT2D eigenvalue weighted by atomic mass is 9.74. The number of ether oxygens (including phenoxy) is 1. The Balaban J connectivity index is 1.57. The van der Waals surface area contributed by atoms with Crippen molar-refractivity contribution in [3.8, 4) is 10.4 Å². The zero-order valence-electron chi connectivity index (χ0n) is 19.2. The van der Waals surface area contributed by atoms with Crippen LogP contribution in [0.3, 0.4) is 0 Å². The Hall–Kier alpha value is -1.97. The molecule has 2 aromatic carbocycles. The molecule has 0 saturated carbocycles. The standard InChI is InChI=1S/C28H33FOS/c1-6-26-19(4)18(3)20(5)28(30-26)22-8-7-17(2)23(15-22)16-25-13-14-27(31-25)21-9-11-24(29)12-10-21/h7-15,18-20,26,28H,6,16H2,1-5H3. The molecule has 3 aromatic rings. The second-order valence-electron chi connectivity index (χ2n) is 9.22. The molecule has 0 N–H and O–H groups in total. The van der Waals surface area contributed by atoms with Gasteiger partial charge in [-0.25, -0.2) is 4.39 Å². The molecule has 164 valence electrons. The third kappa shape index (κ3) is 4.63. The quantitative estimate of drug-likeness (QED) is 0.391. The Kier molecular flexibility index (Phi) is 6.64. The first-order chi connectivity index (χ1) is 14.9. The highest BCUT2D eigenvalue weighted by atomic mass is 32.1. The molecular weight excluding hydrogens is 403 g/mol. The molecule has 0 amide bonds. The van der Waals surface area contributed by atoms with E-state index < -0.39 is 0 Å².